The molecule has 0 unspecified atom stereocenters. The Hall–Kier alpha value is 2.84. The van der Waals surface area contributed by atoms with E-state index in [1.807, 2.05) is 0 Å². The molecule has 0 aliphatic rings. The summed E-state index contributed by atoms with van der Waals surface area (Å²) in [5, 5.41) is 0. The van der Waals surface area contributed by atoms with Crippen molar-refractivity contribution < 1.29 is 38.8 Å². The third-order valence-electron chi connectivity index (χ3n) is 0. The van der Waals surface area contributed by atoms with E-state index in [0.29, 0.717) is 0 Å². The SMILES string of the molecule is [Al].[Al].[Cu].[Ge].[Ti]. The zero-order chi connectivity index (χ0) is 0. The number of hydrogen-bond acceptors (Lipinski definition) is 0. The van der Waals surface area contributed by atoms with Gasteiger partial charge >= 0.3 is 0 Å². The molecule has 0 N–H and O–H groups in total. The normalized spacial score (nSPS) is 0. The van der Waals surface area contributed by atoms with Crippen LogP contribution in [0, 0.1) is 0 Å². The standard InChI is InChI=1S/2Al.Cu.Ge.Ti. The Morgan fingerprint density at radius 3 is 0.800 bits per heavy atom. The van der Waals surface area contributed by atoms with E-state index in [2.05, 4.69) is 0 Å². The second-order valence-corrected chi connectivity index (χ2v) is 0. The summed E-state index contributed by atoms with van der Waals surface area (Å²) in [7, 11) is 0. The average molecular weight is 238 g/mol. The second kappa shape index (κ2) is 28.9. The molecule has 0 aromatic carbocycles. The van der Waals surface area contributed by atoms with Crippen LogP contribution < -0.4 is 0 Å². The van der Waals surface area contributed by atoms with Crippen molar-refractivity contribution in [1.82, 2.24) is 0 Å². The van der Waals surface area contributed by atoms with Gasteiger partial charge in [0.1, 0.15) is 0 Å². The Kier molecular flexibility index (Phi) is 263. The van der Waals surface area contributed by atoms with E-state index in [1.165, 1.54) is 0 Å². The molecule has 0 heterocycles. The maximum Gasteiger partial charge on any atom is 0 e. The maximum atomic E-state index is 0. The quantitative estimate of drug-likeness (QED) is 0.467. The summed E-state index contributed by atoms with van der Waals surface area (Å²) < 4.78 is 0. The van der Waals surface area contributed by atoms with Crippen LogP contribution in [0.5, 0.6) is 0 Å². The van der Waals surface area contributed by atoms with Gasteiger partial charge in [0.05, 0.1) is 0 Å². The van der Waals surface area contributed by atoms with Crippen molar-refractivity contribution in [3.8, 4) is 0 Å². The zero-order valence-electron chi connectivity index (χ0n) is 2.46. The Labute approximate surface area is 89.8 Å². The molecule has 11 radical (unpaired) electrons. The van der Waals surface area contributed by atoms with Gasteiger partial charge in [0.15, 0.2) is 0 Å². The maximum absolute atomic E-state index is 0. The Morgan fingerprint density at radius 1 is 0.800 bits per heavy atom. The van der Waals surface area contributed by atoms with Gasteiger partial charge in [-0.3, -0.25) is 0 Å². The molecule has 0 saturated heterocycles. The van der Waals surface area contributed by atoms with Crippen LogP contribution in [0.15, 0.2) is 0 Å². The number of rotatable bonds is 0. The number of hydrogen-bond donors (Lipinski definition) is 0. The molecular formula is Al2CuGeTi. The van der Waals surface area contributed by atoms with Gasteiger partial charge in [0.2, 0.25) is 0 Å². The fraction of sp³-hybridized carbons (Fsp3) is 0. The molecule has 0 bridgehead atoms. The van der Waals surface area contributed by atoms with Gasteiger partial charge in [0, 0.05) is 91.1 Å². The molecule has 0 aromatic heterocycles. The fourth-order valence-electron chi connectivity index (χ4n) is 0. The topological polar surface area (TPSA) is 0 Å². The van der Waals surface area contributed by atoms with Crippen molar-refractivity contribution in [3.63, 3.8) is 0 Å². The molecule has 5 heteroatoms. The molecule has 0 saturated carbocycles. The third kappa shape index (κ3) is 19.9. The van der Waals surface area contributed by atoms with Gasteiger partial charge in [-0.25, -0.2) is 0 Å². The van der Waals surface area contributed by atoms with E-state index in [9.17, 15) is 0 Å². The van der Waals surface area contributed by atoms with Gasteiger partial charge in [0.25, 0.3) is 0 Å². The van der Waals surface area contributed by atoms with Crippen LogP contribution in [0.3, 0.4) is 0 Å². The monoisotopic (exact) mass is 239 g/mol. The van der Waals surface area contributed by atoms with E-state index in [-0.39, 0.29) is 91.1 Å². The van der Waals surface area contributed by atoms with Gasteiger partial charge < -0.3 is 0 Å². The summed E-state index contributed by atoms with van der Waals surface area (Å²) in [6.45, 7) is 0. The van der Waals surface area contributed by atoms with Gasteiger partial charge in [-0.1, -0.05) is 0 Å². The third-order valence-corrected chi connectivity index (χ3v) is 0. The molecule has 0 amide bonds. The zero-order valence-corrected chi connectivity index (χ0v) is 9.37. The van der Waals surface area contributed by atoms with Crippen molar-refractivity contribution in [1.29, 1.82) is 0 Å². The smallest absolute Gasteiger partial charge is 0 e. The van der Waals surface area contributed by atoms with E-state index >= 15 is 0 Å². The molecule has 0 spiro atoms. The van der Waals surface area contributed by atoms with Crippen LogP contribution in [0.4, 0.5) is 0 Å². The predicted molar refractivity (Wildman–Crippen MR) is 17.3 cm³/mol. The first-order chi connectivity index (χ1) is 0. The summed E-state index contributed by atoms with van der Waals surface area (Å²) in [5.74, 6) is 0. The second-order valence-electron chi connectivity index (χ2n) is 0. The molecule has 0 nitrogen and oxygen atoms in total. The van der Waals surface area contributed by atoms with Crippen LogP contribution in [-0.4, -0.2) is 52.3 Å². The summed E-state index contributed by atoms with van der Waals surface area (Å²) >= 11 is 0. The van der Waals surface area contributed by atoms with Gasteiger partial charge in [-0.15, -0.1) is 0 Å². The van der Waals surface area contributed by atoms with Crippen molar-refractivity contribution in [2.45, 2.75) is 0 Å². The average Bonchev–Trinajstić information content (AvgIpc) is 0. The van der Waals surface area contributed by atoms with Gasteiger partial charge in [-0.2, -0.15) is 0 Å². The van der Waals surface area contributed by atoms with Crippen molar-refractivity contribution >= 4 is 52.3 Å². The molecule has 0 fully saturated rings. The fourth-order valence-corrected chi connectivity index (χ4v) is 0. The summed E-state index contributed by atoms with van der Waals surface area (Å²) in [6.07, 6.45) is 0. The van der Waals surface area contributed by atoms with Crippen LogP contribution in [0.1, 0.15) is 0 Å². The Morgan fingerprint density at radius 2 is 0.800 bits per heavy atom. The minimum atomic E-state index is 0. The van der Waals surface area contributed by atoms with Crippen LogP contribution >= 0.6 is 0 Å². The van der Waals surface area contributed by atoms with Crippen molar-refractivity contribution in [3.05, 3.63) is 0 Å². The molecule has 0 aliphatic heterocycles. The molecule has 0 aliphatic carbocycles. The van der Waals surface area contributed by atoms with Crippen molar-refractivity contribution in [2.24, 2.45) is 0 Å². The molecule has 0 rings (SSSR count). The van der Waals surface area contributed by atoms with E-state index < -0.39 is 0 Å². The minimum absolute atomic E-state index is 0. The van der Waals surface area contributed by atoms with Gasteiger partial charge in [-0.05, 0) is 0 Å². The predicted octanol–water partition coefficient (Wildman–Crippen LogP) is -1.15. The minimum Gasteiger partial charge on any atom is 0 e. The van der Waals surface area contributed by atoms with E-state index in [1.54, 1.807) is 0 Å². The van der Waals surface area contributed by atoms with E-state index in [0.717, 1.165) is 0 Å². The first kappa shape index (κ1) is 45.5. The van der Waals surface area contributed by atoms with Crippen LogP contribution in [0.25, 0.3) is 0 Å². The summed E-state index contributed by atoms with van der Waals surface area (Å²) in [5.41, 5.74) is 0. The Balaban J connectivity index is 0. The first-order valence-electron chi connectivity index (χ1n) is 0. The van der Waals surface area contributed by atoms with Crippen molar-refractivity contribution in [2.75, 3.05) is 0 Å². The van der Waals surface area contributed by atoms with E-state index in [4.69, 9.17) is 0 Å². The molecular weight excluding hydrogens is 238 g/mol. The van der Waals surface area contributed by atoms with Crippen LogP contribution in [0.2, 0.25) is 0 Å². The molecule has 0 aromatic rings. The summed E-state index contributed by atoms with van der Waals surface area (Å²) in [4.78, 5) is 0. The molecule has 5 heavy (non-hydrogen) atoms. The molecule has 25 valence electrons. The van der Waals surface area contributed by atoms with Crippen LogP contribution in [-0.2, 0) is 38.8 Å². The summed E-state index contributed by atoms with van der Waals surface area (Å²) in [6, 6.07) is 0. The first-order valence-corrected chi connectivity index (χ1v) is 0. The Bertz CT molecular complexity index is 9.61. The molecule has 0 atom stereocenters. The largest absolute Gasteiger partial charge is 0 e.